The molecular formula is C11H21NO3. The summed E-state index contributed by atoms with van der Waals surface area (Å²) in [4.78, 5) is 23.1. The van der Waals surface area contributed by atoms with Gasteiger partial charge in [-0.1, -0.05) is 27.7 Å². The molecule has 0 radical (unpaired) electrons. The highest BCUT2D eigenvalue weighted by atomic mass is 16.3. The summed E-state index contributed by atoms with van der Waals surface area (Å²) >= 11 is 0. The number of Topliss-reactive ketones (excluding diaryl/α,β-unsaturated/α-hetero) is 1. The fourth-order valence-corrected chi connectivity index (χ4v) is 1.05. The van der Waals surface area contributed by atoms with Crippen LogP contribution in [0.2, 0.25) is 0 Å². The van der Waals surface area contributed by atoms with Crippen molar-refractivity contribution in [2.75, 3.05) is 0 Å². The molecule has 1 amide bonds. The predicted octanol–water partition coefficient (Wildman–Crippen LogP) is 0.877. The number of rotatable bonds is 4. The van der Waals surface area contributed by atoms with E-state index in [9.17, 15) is 14.7 Å². The fraction of sp³-hybridized carbons (Fsp3) is 0.818. The van der Waals surface area contributed by atoms with E-state index in [1.807, 2.05) is 0 Å². The Morgan fingerprint density at radius 2 is 1.80 bits per heavy atom. The third-order valence-electron chi connectivity index (χ3n) is 2.15. The van der Waals surface area contributed by atoms with Crippen molar-refractivity contribution in [3.63, 3.8) is 0 Å². The molecule has 0 fully saturated rings. The van der Waals surface area contributed by atoms with E-state index in [2.05, 4.69) is 5.32 Å². The highest BCUT2D eigenvalue weighted by Gasteiger charge is 2.29. The van der Waals surface area contributed by atoms with Crippen molar-refractivity contribution in [3.8, 4) is 0 Å². The van der Waals surface area contributed by atoms with Crippen LogP contribution in [0.4, 0.5) is 0 Å². The second-order valence-electron chi connectivity index (χ2n) is 4.76. The van der Waals surface area contributed by atoms with E-state index in [0.717, 1.165) is 0 Å². The maximum Gasteiger partial charge on any atom is 0.226 e. The summed E-state index contributed by atoms with van der Waals surface area (Å²) in [5.74, 6) is -0.377. The average molecular weight is 215 g/mol. The Morgan fingerprint density at radius 1 is 1.33 bits per heavy atom. The highest BCUT2D eigenvalue weighted by molar-refractivity contribution is 5.90. The lowest BCUT2D eigenvalue weighted by molar-refractivity contribution is -0.134. The zero-order valence-electron chi connectivity index (χ0n) is 10.1. The molecule has 0 aromatic carbocycles. The molecule has 4 heteroatoms. The number of hydrogen-bond acceptors (Lipinski definition) is 3. The van der Waals surface area contributed by atoms with Crippen LogP contribution in [0, 0.1) is 5.41 Å². The van der Waals surface area contributed by atoms with E-state index in [1.165, 1.54) is 6.92 Å². The molecule has 0 aromatic rings. The van der Waals surface area contributed by atoms with Gasteiger partial charge in [0.25, 0.3) is 0 Å². The molecule has 0 saturated carbocycles. The standard InChI is InChI=1S/C11H21NO3/c1-6-8(14)9(7(2)13)12-10(15)11(3,4)5/h7,9,13H,6H2,1-5H3,(H,12,15)/t7?,9-/m0/s1. The van der Waals surface area contributed by atoms with Crippen molar-refractivity contribution in [1.82, 2.24) is 5.32 Å². The van der Waals surface area contributed by atoms with Crippen LogP contribution in [0.3, 0.4) is 0 Å². The van der Waals surface area contributed by atoms with Crippen LogP contribution < -0.4 is 5.32 Å². The van der Waals surface area contributed by atoms with Crippen LogP contribution >= 0.6 is 0 Å². The first-order chi connectivity index (χ1) is 6.70. The number of hydrogen-bond donors (Lipinski definition) is 2. The summed E-state index contributed by atoms with van der Waals surface area (Å²) in [6.45, 7) is 8.50. The van der Waals surface area contributed by atoms with E-state index in [4.69, 9.17) is 0 Å². The van der Waals surface area contributed by atoms with Gasteiger partial charge >= 0.3 is 0 Å². The lowest BCUT2D eigenvalue weighted by atomic mass is 9.94. The maximum atomic E-state index is 11.6. The molecular weight excluding hydrogens is 194 g/mol. The van der Waals surface area contributed by atoms with Crippen LogP contribution in [0.1, 0.15) is 41.0 Å². The first kappa shape index (κ1) is 14.1. The lowest BCUT2D eigenvalue weighted by Crippen LogP contribution is -2.50. The molecule has 0 aliphatic carbocycles. The Balaban J connectivity index is 4.57. The smallest absolute Gasteiger partial charge is 0.226 e. The van der Waals surface area contributed by atoms with Crippen molar-refractivity contribution in [2.24, 2.45) is 5.41 Å². The normalized spacial score (nSPS) is 15.6. The number of ketones is 1. The Kier molecular flexibility index (Phi) is 4.94. The number of nitrogens with one attached hydrogen (secondary N) is 1. The highest BCUT2D eigenvalue weighted by Crippen LogP contribution is 2.13. The molecule has 2 N–H and O–H groups in total. The lowest BCUT2D eigenvalue weighted by Gasteiger charge is -2.25. The molecule has 2 atom stereocenters. The molecule has 0 aliphatic heterocycles. The molecule has 0 bridgehead atoms. The van der Waals surface area contributed by atoms with Gasteiger partial charge in [0.2, 0.25) is 5.91 Å². The second kappa shape index (κ2) is 5.26. The van der Waals surface area contributed by atoms with Gasteiger partial charge in [-0.2, -0.15) is 0 Å². The SMILES string of the molecule is CCC(=O)[C@@H](NC(=O)C(C)(C)C)C(C)O. The zero-order valence-corrected chi connectivity index (χ0v) is 10.1. The molecule has 0 aromatic heterocycles. The summed E-state index contributed by atoms with van der Waals surface area (Å²) in [5.41, 5.74) is -0.554. The topological polar surface area (TPSA) is 66.4 Å². The molecule has 1 unspecified atom stereocenters. The van der Waals surface area contributed by atoms with Gasteiger partial charge in [0.15, 0.2) is 5.78 Å². The van der Waals surface area contributed by atoms with Gasteiger partial charge in [-0.15, -0.1) is 0 Å². The quantitative estimate of drug-likeness (QED) is 0.731. The zero-order chi connectivity index (χ0) is 12.2. The van der Waals surface area contributed by atoms with Gasteiger partial charge in [-0.25, -0.2) is 0 Å². The minimum absolute atomic E-state index is 0.150. The van der Waals surface area contributed by atoms with E-state index < -0.39 is 17.6 Å². The van der Waals surface area contributed by atoms with Gasteiger partial charge < -0.3 is 10.4 Å². The van der Waals surface area contributed by atoms with Gasteiger partial charge in [0, 0.05) is 11.8 Å². The van der Waals surface area contributed by atoms with Crippen molar-refractivity contribution >= 4 is 11.7 Å². The Hall–Kier alpha value is -0.900. The van der Waals surface area contributed by atoms with Crippen LogP contribution in [0.5, 0.6) is 0 Å². The molecule has 0 aliphatic rings. The fourth-order valence-electron chi connectivity index (χ4n) is 1.05. The molecule has 88 valence electrons. The third kappa shape index (κ3) is 4.42. The van der Waals surface area contributed by atoms with Crippen molar-refractivity contribution in [1.29, 1.82) is 0 Å². The van der Waals surface area contributed by atoms with Gasteiger partial charge in [0.1, 0.15) is 6.04 Å². The summed E-state index contributed by atoms with van der Waals surface area (Å²) in [6, 6.07) is -0.790. The molecule has 4 nitrogen and oxygen atoms in total. The van der Waals surface area contributed by atoms with Gasteiger partial charge in [-0.3, -0.25) is 9.59 Å². The Bertz CT molecular complexity index is 241. The van der Waals surface area contributed by atoms with E-state index in [0.29, 0.717) is 6.42 Å². The first-order valence-electron chi connectivity index (χ1n) is 5.22. The van der Waals surface area contributed by atoms with Crippen LogP contribution in [0.15, 0.2) is 0 Å². The molecule has 15 heavy (non-hydrogen) atoms. The van der Waals surface area contributed by atoms with E-state index >= 15 is 0 Å². The number of aliphatic hydroxyl groups excluding tert-OH is 1. The Labute approximate surface area is 91.1 Å². The van der Waals surface area contributed by atoms with E-state index in [-0.39, 0.29) is 11.7 Å². The minimum Gasteiger partial charge on any atom is -0.391 e. The molecule has 0 heterocycles. The minimum atomic E-state index is -0.858. The van der Waals surface area contributed by atoms with Crippen molar-refractivity contribution in [2.45, 2.75) is 53.2 Å². The Morgan fingerprint density at radius 3 is 2.07 bits per heavy atom. The predicted molar refractivity (Wildman–Crippen MR) is 58.4 cm³/mol. The summed E-state index contributed by atoms with van der Waals surface area (Å²) in [6.07, 6.45) is -0.552. The summed E-state index contributed by atoms with van der Waals surface area (Å²) in [5, 5.41) is 12.0. The van der Waals surface area contributed by atoms with Crippen LogP contribution in [-0.2, 0) is 9.59 Å². The van der Waals surface area contributed by atoms with E-state index in [1.54, 1.807) is 27.7 Å². The summed E-state index contributed by atoms with van der Waals surface area (Å²) in [7, 11) is 0. The number of aliphatic hydroxyl groups is 1. The largest absolute Gasteiger partial charge is 0.391 e. The van der Waals surface area contributed by atoms with Crippen LogP contribution in [-0.4, -0.2) is 28.9 Å². The summed E-state index contributed by atoms with van der Waals surface area (Å²) < 4.78 is 0. The van der Waals surface area contributed by atoms with Crippen molar-refractivity contribution in [3.05, 3.63) is 0 Å². The molecule has 0 rings (SSSR count). The molecule has 0 spiro atoms. The number of carbonyl (C=O) groups is 2. The first-order valence-corrected chi connectivity index (χ1v) is 5.22. The van der Waals surface area contributed by atoms with Crippen molar-refractivity contribution < 1.29 is 14.7 Å². The second-order valence-corrected chi connectivity index (χ2v) is 4.76. The maximum absolute atomic E-state index is 11.6. The van der Waals surface area contributed by atoms with Crippen LogP contribution in [0.25, 0.3) is 0 Å². The monoisotopic (exact) mass is 215 g/mol. The molecule has 0 saturated heterocycles. The number of carbonyl (C=O) groups excluding carboxylic acids is 2. The third-order valence-corrected chi connectivity index (χ3v) is 2.15. The number of amides is 1. The van der Waals surface area contributed by atoms with Gasteiger partial charge in [0.05, 0.1) is 6.10 Å². The average Bonchev–Trinajstić information content (AvgIpc) is 2.10. The van der Waals surface area contributed by atoms with Gasteiger partial charge in [-0.05, 0) is 6.92 Å².